The number of likely N-dealkylation sites (N-methyl/N-ethyl adjacent to an activating group) is 2. The van der Waals surface area contributed by atoms with Gasteiger partial charge in [0.1, 0.15) is 9.74 Å². The van der Waals surface area contributed by atoms with Gasteiger partial charge in [0.15, 0.2) is 11.6 Å². The van der Waals surface area contributed by atoms with Gasteiger partial charge in [-0.3, -0.25) is 20.2 Å². The van der Waals surface area contributed by atoms with Gasteiger partial charge in [-0.25, -0.2) is 0 Å². The first kappa shape index (κ1) is 22.2. The van der Waals surface area contributed by atoms with Crippen molar-refractivity contribution in [2.45, 2.75) is 51.3 Å². The zero-order chi connectivity index (χ0) is 16.4. The molecule has 0 radical (unpaired) electrons. The highest BCUT2D eigenvalue weighted by Gasteiger charge is 2.40. The summed E-state index contributed by atoms with van der Waals surface area (Å²) in [6, 6.07) is 0. The van der Waals surface area contributed by atoms with Crippen molar-refractivity contribution in [1.29, 1.82) is 0 Å². The number of Topliss-reactive ketones (excluding diaryl/α,β-unsaturated/α-hetero) is 2. The van der Waals surface area contributed by atoms with E-state index in [2.05, 4.69) is 24.5 Å². The number of nitrogens with one attached hydrogen (secondary N) is 2. The molecule has 2 atom stereocenters. The molecule has 4 nitrogen and oxygen atoms in total. The molecule has 0 fully saturated rings. The van der Waals surface area contributed by atoms with Crippen molar-refractivity contribution in [2.24, 2.45) is 0 Å². The van der Waals surface area contributed by atoms with Crippen LogP contribution < -0.4 is 10.6 Å². The molecule has 2 N–H and O–H groups in total. The molecule has 0 heterocycles. The second-order valence-corrected chi connectivity index (χ2v) is 7.96. The Hall–Kier alpha value is -0.0400. The minimum Gasteiger partial charge on any atom is -0.300 e. The van der Waals surface area contributed by atoms with E-state index in [0.717, 1.165) is 0 Å². The van der Waals surface area contributed by atoms with E-state index in [1.807, 2.05) is 11.8 Å². The van der Waals surface area contributed by atoms with Crippen LogP contribution in [0, 0.1) is 0 Å². The van der Waals surface area contributed by atoms with Gasteiger partial charge in [-0.05, 0) is 53.3 Å². The summed E-state index contributed by atoms with van der Waals surface area (Å²) in [5.74, 6) is 2.52. The number of thioether (sulfide) groups is 2. The average molecular weight is 323 g/mol. The predicted octanol–water partition coefficient (Wildman–Crippen LogP) is 2.53. The Balaban J connectivity index is 0. The average Bonchev–Trinajstić information content (AvgIpc) is 2.39. The molecule has 0 amide bonds. The monoisotopic (exact) mass is 322 g/mol. The summed E-state index contributed by atoms with van der Waals surface area (Å²) in [5.41, 5.74) is 0. The molecule has 0 aromatic rings. The van der Waals surface area contributed by atoms with Gasteiger partial charge in [0.05, 0.1) is 0 Å². The molecule has 0 rings (SSSR count). The fourth-order valence-corrected chi connectivity index (χ4v) is 2.93. The molecular formula is C14H30N2O2S2. The Labute approximate surface area is 132 Å². The summed E-state index contributed by atoms with van der Waals surface area (Å²) >= 11 is 3.25. The van der Waals surface area contributed by atoms with E-state index in [1.54, 1.807) is 27.9 Å². The predicted molar refractivity (Wildman–Crippen MR) is 92.6 cm³/mol. The van der Waals surface area contributed by atoms with Gasteiger partial charge in [-0.1, -0.05) is 13.8 Å². The van der Waals surface area contributed by atoms with E-state index in [4.69, 9.17) is 0 Å². The Morgan fingerprint density at radius 2 is 1.20 bits per heavy atom. The van der Waals surface area contributed by atoms with Crippen LogP contribution in [0.25, 0.3) is 0 Å². The summed E-state index contributed by atoms with van der Waals surface area (Å²) in [6.07, 6.45) is 0. The van der Waals surface area contributed by atoms with E-state index in [9.17, 15) is 9.59 Å². The number of ketones is 2. The first-order chi connectivity index (χ1) is 9.13. The Bertz CT molecular complexity index is 286. The van der Waals surface area contributed by atoms with Crippen molar-refractivity contribution >= 4 is 35.1 Å². The molecule has 0 aromatic carbocycles. The maximum Gasteiger partial charge on any atom is 0.159 e. The quantitative estimate of drug-likeness (QED) is 0.670. The van der Waals surface area contributed by atoms with Crippen molar-refractivity contribution in [3.05, 3.63) is 0 Å². The number of hydrogen-bond acceptors (Lipinski definition) is 6. The van der Waals surface area contributed by atoms with E-state index in [1.165, 1.54) is 37.1 Å². The summed E-state index contributed by atoms with van der Waals surface area (Å²) in [4.78, 5) is 21.5. The topological polar surface area (TPSA) is 58.2 Å². The van der Waals surface area contributed by atoms with Gasteiger partial charge in [0.2, 0.25) is 0 Å². The fraction of sp³-hybridized carbons (Fsp3) is 0.857. The fourth-order valence-electron chi connectivity index (χ4n) is 1.21. The van der Waals surface area contributed by atoms with E-state index < -0.39 is 9.74 Å². The highest BCUT2D eigenvalue weighted by molar-refractivity contribution is 8.03. The number of carbonyl (C=O) groups excluding carboxylic acids is 2. The lowest BCUT2D eigenvalue weighted by Gasteiger charge is -2.35. The molecule has 2 unspecified atom stereocenters. The maximum absolute atomic E-state index is 11.5. The Morgan fingerprint density at radius 1 is 0.900 bits per heavy atom. The standard InChI is InChI=1S/C10H20N2O2S.C4H10S/c1-7(13)9(3,11-5)15-10(4,12-6)8(2)14;1-3-5-4-2/h11-12H,1-6H3;3-4H2,1-2H3. The van der Waals surface area contributed by atoms with Gasteiger partial charge in [0, 0.05) is 0 Å². The smallest absolute Gasteiger partial charge is 0.159 e. The summed E-state index contributed by atoms with van der Waals surface area (Å²) in [5, 5.41) is 5.89. The lowest BCUT2D eigenvalue weighted by molar-refractivity contribution is -0.119. The van der Waals surface area contributed by atoms with Gasteiger partial charge in [0.25, 0.3) is 0 Å². The molecule has 0 aliphatic carbocycles. The molecule has 0 saturated heterocycles. The van der Waals surface area contributed by atoms with Crippen LogP contribution in [0.3, 0.4) is 0 Å². The van der Waals surface area contributed by atoms with Crippen LogP contribution >= 0.6 is 23.5 Å². The van der Waals surface area contributed by atoms with Crippen LogP contribution in [-0.4, -0.2) is 46.9 Å². The van der Waals surface area contributed by atoms with Crippen LogP contribution in [0.4, 0.5) is 0 Å². The van der Waals surface area contributed by atoms with Crippen LogP contribution in [0.2, 0.25) is 0 Å². The van der Waals surface area contributed by atoms with Gasteiger partial charge in [-0.2, -0.15) is 11.8 Å². The largest absolute Gasteiger partial charge is 0.300 e. The molecule has 20 heavy (non-hydrogen) atoms. The molecule has 6 heteroatoms. The molecular weight excluding hydrogens is 292 g/mol. The second-order valence-electron chi connectivity index (χ2n) is 4.56. The van der Waals surface area contributed by atoms with Gasteiger partial charge >= 0.3 is 0 Å². The molecule has 0 saturated carbocycles. The maximum atomic E-state index is 11.5. The number of rotatable bonds is 8. The SMILES string of the molecule is CCSCC.CNC(C)(SC(C)(NC)C(C)=O)C(C)=O. The lowest BCUT2D eigenvalue weighted by Crippen LogP contribution is -2.53. The van der Waals surface area contributed by atoms with Crippen molar-refractivity contribution in [3.8, 4) is 0 Å². The van der Waals surface area contributed by atoms with Crippen LogP contribution in [0.1, 0.15) is 41.5 Å². The molecule has 0 bridgehead atoms. The van der Waals surface area contributed by atoms with Crippen molar-refractivity contribution < 1.29 is 9.59 Å². The molecule has 0 aromatic heterocycles. The summed E-state index contributed by atoms with van der Waals surface area (Å²) in [6.45, 7) is 10.9. The summed E-state index contributed by atoms with van der Waals surface area (Å²) < 4.78 is 0. The summed E-state index contributed by atoms with van der Waals surface area (Å²) in [7, 11) is 3.43. The first-order valence-corrected chi connectivity index (χ1v) is 8.78. The van der Waals surface area contributed by atoms with Gasteiger partial charge < -0.3 is 0 Å². The minimum absolute atomic E-state index is 0.00211. The highest BCUT2D eigenvalue weighted by atomic mass is 32.2. The molecule has 0 aliphatic heterocycles. The third kappa shape index (κ3) is 7.67. The Morgan fingerprint density at radius 3 is 1.30 bits per heavy atom. The molecule has 120 valence electrons. The third-order valence-electron chi connectivity index (χ3n) is 3.11. The Kier molecular flexibility index (Phi) is 11.8. The van der Waals surface area contributed by atoms with Crippen LogP contribution in [0.15, 0.2) is 0 Å². The van der Waals surface area contributed by atoms with E-state index in [-0.39, 0.29) is 11.6 Å². The zero-order valence-corrected chi connectivity index (χ0v) is 15.7. The van der Waals surface area contributed by atoms with Crippen molar-refractivity contribution in [3.63, 3.8) is 0 Å². The van der Waals surface area contributed by atoms with E-state index in [0.29, 0.717) is 0 Å². The van der Waals surface area contributed by atoms with Crippen LogP contribution in [0.5, 0.6) is 0 Å². The number of carbonyl (C=O) groups is 2. The highest BCUT2D eigenvalue weighted by Crippen LogP contribution is 2.34. The minimum atomic E-state index is -0.747. The first-order valence-electron chi connectivity index (χ1n) is 6.81. The van der Waals surface area contributed by atoms with Crippen molar-refractivity contribution in [2.75, 3.05) is 25.6 Å². The normalized spacial score (nSPS) is 16.4. The second kappa shape index (κ2) is 10.7. The molecule has 0 spiro atoms. The van der Waals surface area contributed by atoms with E-state index >= 15 is 0 Å². The molecule has 0 aliphatic rings. The zero-order valence-electron chi connectivity index (χ0n) is 14.0. The van der Waals surface area contributed by atoms with Crippen molar-refractivity contribution in [1.82, 2.24) is 10.6 Å². The third-order valence-corrected chi connectivity index (χ3v) is 5.73. The van der Waals surface area contributed by atoms with Gasteiger partial charge in [-0.15, -0.1) is 11.8 Å². The number of hydrogen-bond donors (Lipinski definition) is 2. The van der Waals surface area contributed by atoms with Crippen LogP contribution in [-0.2, 0) is 9.59 Å². The lowest BCUT2D eigenvalue weighted by atomic mass is 10.2.